The van der Waals surface area contributed by atoms with Gasteiger partial charge in [0.2, 0.25) is 0 Å². The Morgan fingerprint density at radius 1 is 1.12 bits per heavy atom. The van der Waals surface area contributed by atoms with E-state index in [2.05, 4.69) is 6.92 Å². The van der Waals surface area contributed by atoms with E-state index in [1.165, 1.54) is 0 Å². The largest absolute Gasteiger partial charge is 1.00 e. The van der Waals surface area contributed by atoms with Crippen molar-refractivity contribution in [3.8, 4) is 0 Å². The van der Waals surface area contributed by atoms with E-state index >= 15 is 0 Å². The molecule has 0 heterocycles. The van der Waals surface area contributed by atoms with E-state index < -0.39 is 15.4 Å². The van der Waals surface area contributed by atoms with Crippen molar-refractivity contribution < 1.29 is 69.5 Å². The third-order valence-electron chi connectivity index (χ3n) is 2.49. The van der Waals surface area contributed by atoms with Gasteiger partial charge in [-0.3, -0.25) is 0 Å². The second kappa shape index (κ2) is 11.6. The van der Waals surface area contributed by atoms with Crippen LogP contribution >= 0.6 is 0 Å². The molecule has 0 amide bonds. The Balaban J connectivity index is 0. The van der Waals surface area contributed by atoms with Crippen molar-refractivity contribution in [1.29, 1.82) is 0 Å². The predicted molar refractivity (Wildman–Crippen MR) is 58.6 cm³/mol. The molecule has 6 heteroatoms. The van der Waals surface area contributed by atoms with Crippen molar-refractivity contribution in [1.82, 2.24) is 0 Å². The van der Waals surface area contributed by atoms with Gasteiger partial charge in [-0.2, -0.15) is 0 Å². The average Bonchev–Trinajstić information content (AvgIpc) is 2.14. The van der Waals surface area contributed by atoms with Gasteiger partial charge < -0.3 is 9.66 Å². The summed E-state index contributed by atoms with van der Waals surface area (Å²) in [7, 11) is -4.23. The summed E-state index contributed by atoms with van der Waals surface area (Å²) in [6, 6.07) is 0. The Morgan fingerprint density at radius 2 is 1.69 bits per heavy atom. The Kier molecular flexibility index (Phi) is 14.4. The molecule has 0 aliphatic heterocycles. The molecule has 0 bridgehead atoms. The third kappa shape index (κ3) is 10.6. The summed E-state index contributed by atoms with van der Waals surface area (Å²) < 4.78 is 32.3. The van der Waals surface area contributed by atoms with Crippen LogP contribution in [0, 0.1) is 0 Å². The molecular formula is C10H21KO4S. The van der Waals surface area contributed by atoms with Gasteiger partial charge in [0, 0.05) is 6.61 Å². The van der Waals surface area contributed by atoms with Crippen LogP contribution in [0.2, 0.25) is 0 Å². The Hall–Kier alpha value is 1.51. The van der Waals surface area contributed by atoms with E-state index in [0.717, 1.165) is 32.1 Å². The van der Waals surface area contributed by atoms with Crippen LogP contribution in [0.1, 0.15) is 51.9 Å². The van der Waals surface area contributed by atoms with Crippen molar-refractivity contribution in [3.05, 3.63) is 0 Å². The second-order valence-corrected chi connectivity index (χ2v) is 5.48. The molecule has 1 unspecified atom stereocenters. The molecule has 0 aromatic rings. The summed E-state index contributed by atoms with van der Waals surface area (Å²) >= 11 is 0. The summed E-state index contributed by atoms with van der Waals surface area (Å²) in [5.41, 5.74) is 0. The van der Waals surface area contributed by atoms with E-state index in [9.17, 15) is 13.0 Å². The number of aliphatic hydroxyl groups is 1. The van der Waals surface area contributed by atoms with Crippen LogP contribution in [-0.4, -0.2) is 29.9 Å². The zero-order valence-electron chi connectivity index (χ0n) is 10.3. The average molecular weight is 276 g/mol. The molecule has 0 aromatic heterocycles. The fraction of sp³-hybridized carbons (Fsp3) is 1.00. The molecule has 0 fully saturated rings. The third-order valence-corrected chi connectivity index (χ3v) is 3.78. The minimum Gasteiger partial charge on any atom is -0.748 e. The first-order valence-electron chi connectivity index (χ1n) is 5.58. The van der Waals surface area contributed by atoms with Crippen molar-refractivity contribution in [3.63, 3.8) is 0 Å². The van der Waals surface area contributed by atoms with Crippen LogP contribution in [0.3, 0.4) is 0 Å². The van der Waals surface area contributed by atoms with Crippen LogP contribution in [0.4, 0.5) is 0 Å². The molecule has 0 aliphatic rings. The molecular weight excluding hydrogens is 255 g/mol. The monoisotopic (exact) mass is 276 g/mol. The van der Waals surface area contributed by atoms with Crippen LogP contribution in [-0.2, 0) is 10.1 Å². The zero-order valence-corrected chi connectivity index (χ0v) is 14.3. The van der Waals surface area contributed by atoms with E-state index in [4.69, 9.17) is 5.11 Å². The maximum atomic E-state index is 10.8. The van der Waals surface area contributed by atoms with Crippen LogP contribution in [0.15, 0.2) is 0 Å². The molecule has 0 saturated carbocycles. The summed E-state index contributed by atoms with van der Waals surface area (Å²) in [6.07, 6.45) is 5.54. The van der Waals surface area contributed by atoms with Gasteiger partial charge in [0.15, 0.2) is 0 Å². The van der Waals surface area contributed by atoms with E-state index in [0.29, 0.717) is 6.42 Å². The number of hydrogen-bond donors (Lipinski definition) is 1. The standard InChI is InChI=1S/C10H22O4S.K/c1-2-3-4-5-6-7-10(8-9-11)15(12,13)14;/h10-11H,2-9H2,1H3,(H,12,13,14);/q;+1/p-1. The molecule has 0 aliphatic carbocycles. The Morgan fingerprint density at radius 3 is 2.12 bits per heavy atom. The fourth-order valence-corrected chi connectivity index (χ4v) is 2.40. The van der Waals surface area contributed by atoms with Crippen LogP contribution in [0.25, 0.3) is 0 Å². The summed E-state index contributed by atoms with van der Waals surface area (Å²) in [6.45, 7) is 1.87. The number of aliphatic hydroxyl groups excluding tert-OH is 1. The van der Waals surface area contributed by atoms with Gasteiger partial charge in [0.1, 0.15) is 0 Å². The molecule has 0 spiro atoms. The van der Waals surface area contributed by atoms with Gasteiger partial charge in [-0.25, -0.2) is 8.42 Å². The minimum absolute atomic E-state index is 0. The van der Waals surface area contributed by atoms with Gasteiger partial charge in [-0.05, 0) is 12.8 Å². The first kappa shape index (κ1) is 19.8. The topological polar surface area (TPSA) is 77.4 Å². The molecule has 1 atom stereocenters. The normalized spacial score (nSPS) is 13.2. The molecule has 92 valence electrons. The quantitative estimate of drug-likeness (QED) is 0.321. The second-order valence-electron chi connectivity index (χ2n) is 3.83. The van der Waals surface area contributed by atoms with Crippen molar-refractivity contribution in [2.75, 3.05) is 6.61 Å². The maximum Gasteiger partial charge on any atom is 1.00 e. The molecule has 0 rings (SSSR count). The van der Waals surface area contributed by atoms with Crippen molar-refractivity contribution in [2.24, 2.45) is 0 Å². The summed E-state index contributed by atoms with van der Waals surface area (Å²) in [4.78, 5) is 0. The van der Waals surface area contributed by atoms with E-state index in [1.807, 2.05) is 0 Å². The number of hydrogen-bond acceptors (Lipinski definition) is 4. The van der Waals surface area contributed by atoms with Gasteiger partial charge in [-0.1, -0.05) is 39.0 Å². The number of rotatable bonds is 9. The molecule has 4 nitrogen and oxygen atoms in total. The van der Waals surface area contributed by atoms with Crippen LogP contribution < -0.4 is 51.4 Å². The molecule has 1 N–H and O–H groups in total. The maximum absolute atomic E-state index is 10.8. The van der Waals surface area contributed by atoms with Crippen molar-refractivity contribution in [2.45, 2.75) is 57.1 Å². The first-order chi connectivity index (χ1) is 7.02. The van der Waals surface area contributed by atoms with Gasteiger partial charge >= 0.3 is 51.4 Å². The molecule has 0 saturated heterocycles. The SMILES string of the molecule is CCCCCCCC(CCO)S(=O)(=O)[O-].[K+]. The summed E-state index contributed by atoms with van der Waals surface area (Å²) in [5.74, 6) is 0. The Bertz CT molecular complexity index is 241. The van der Waals surface area contributed by atoms with E-state index in [-0.39, 0.29) is 64.4 Å². The molecule has 0 radical (unpaired) electrons. The van der Waals surface area contributed by atoms with Crippen LogP contribution in [0.5, 0.6) is 0 Å². The minimum atomic E-state index is -4.23. The molecule has 0 aromatic carbocycles. The fourth-order valence-electron chi connectivity index (χ4n) is 1.55. The zero-order chi connectivity index (χ0) is 11.7. The summed E-state index contributed by atoms with van der Waals surface area (Å²) in [5, 5.41) is 7.74. The Labute approximate surface area is 141 Å². The van der Waals surface area contributed by atoms with Gasteiger partial charge in [-0.15, -0.1) is 0 Å². The smallest absolute Gasteiger partial charge is 0.748 e. The van der Waals surface area contributed by atoms with Gasteiger partial charge in [0.25, 0.3) is 0 Å². The first-order valence-corrected chi connectivity index (χ1v) is 7.05. The number of unbranched alkanes of at least 4 members (excludes halogenated alkanes) is 4. The predicted octanol–water partition coefficient (Wildman–Crippen LogP) is -1.35. The van der Waals surface area contributed by atoms with Crippen molar-refractivity contribution >= 4 is 10.1 Å². The van der Waals surface area contributed by atoms with Gasteiger partial charge in [0.05, 0.1) is 15.4 Å². The van der Waals surface area contributed by atoms with E-state index in [1.54, 1.807) is 0 Å². The molecule has 16 heavy (non-hydrogen) atoms.